The molecule has 0 saturated carbocycles. The van der Waals surface area contributed by atoms with Gasteiger partial charge in [0.15, 0.2) is 0 Å². The molecule has 3 aromatic rings. The second-order valence-corrected chi connectivity index (χ2v) is 7.50. The third kappa shape index (κ3) is 5.30. The SMILES string of the molecule is C=CCOc1ccc(C(C)(c2ccc(OCC=C)cc2)c2ccc(OCC=C)cc2)cc1. The number of ether oxygens (including phenoxy) is 3. The molecule has 3 heteroatoms. The molecular formula is C29H30O3. The molecule has 0 aromatic heterocycles. The van der Waals surface area contributed by atoms with E-state index >= 15 is 0 Å². The molecule has 0 aliphatic heterocycles. The Kier molecular flexibility index (Phi) is 7.93. The van der Waals surface area contributed by atoms with Crippen molar-refractivity contribution < 1.29 is 14.2 Å². The molecule has 3 nitrogen and oxygen atoms in total. The van der Waals surface area contributed by atoms with Gasteiger partial charge in [-0.15, -0.1) is 0 Å². The molecule has 0 radical (unpaired) electrons. The Morgan fingerprint density at radius 2 is 0.781 bits per heavy atom. The summed E-state index contributed by atoms with van der Waals surface area (Å²) < 4.78 is 17.0. The second-order valence-electron chi connectivity index (χ2n) is 7.50. The zero-order valence-electron chi connectivity index (χ0n) is 18.6. The summed E-state index contributed by atoms with van der Waals surface area (Å²) in [7, 11) is 0. The Morgan fingerprint density at radius 3 is 1.00 bits per heavy atom. The van der Waals surface area contributed by atoms with Gasteiger partial charge in [-0.05, 0) is 60.0 Å². The zero-order valence-corrected chi connectivity index (χ0v) is 18.6. The maximum Gasteiger partial charge on any atom is 0.119 e. The van der Waals surface area contributed by atoms with Crippen LogP contribution in [0.15, 0.2) is 111 Å². The molecule has 0 fully saturated rings. The first-order valence-corrected chi connectivity index (χ1v) is 10.6. The van der Waals surface area contributed by atoms with Crippen LogP contribution >= 0.6 is 0 Å². The van der Waals surface area contributed by atoms with Crippen LogP contribution in [0.5, 0.6) is 17.2 Å². The predicted molar refractivity (Wildman–Crippen MR) is 132 cm³/mol. The minimum Gasteiger partial charge on any atom is -0.490 e. The predicted octanol–water partition coefficient (Wildman–Crippen LogP) is 6.74. The number of hydrogen-bond acceptors (Lipinski definition) is 3. The molecule has 0 amide bonds. The van der Waals surface area contributed by atoms with Crippen LogP contribution in [0.1, 0.15) is 23.6 Å². The summed E-state index contributed by atoms with van der Waals surface area (Å²) in [5.74, 6) is 2.45. The molecular weight excluding hydrogens is 396 g/mol. The van der Waals surface area contributed by atoms with Crippen LogP contribution in [0.2, 0.25) is 0 Å². The van der Waals surface area contributed by atoms with Crippen LogP contribution in [-0.4, -0.2) is 19.8 Å². The van der Waals surface area contributed by atoms with Crippen LogP contribution in [-0.2, 0) is 5.41 Å². The normalized spacial score (nSPS) is 10.8. The molecule has 0 heterocycles. The number of benzene rings is 3. The zero-order chi connectivity index (χ0) is 22.8. The van der Waals surface area contributed by atoms with Crippen molar-refractivity contribution in [2.75, 3.05) is 19.8 Å². The lowest BCUT2D eigenvalue weighted by Gasteiger charge is -2.32. The molecule has 0 spiro atoms. The van der Waals surface area contributed by atoms with Gasteiger partial charge in [-0.1, -0.05) is 74.4 Å². The average molecular weight is 427 g/mol. The van der Waals surface area contributed by atoms with Gasteiger partial charge in [0.1, 0.15) is 37.1 Å². The fourth-order valence-corrected chi connectivity index (χ4v) is 3.62. The molecule has 3 aromatic carbocycles. The minimum absolute atomic E-state index is 0.384. The van der Waals surface area contributed by atoms with E-state index in [1.54, 1.807) is 18.2 Å². The highest BCUT2D eigenvalue weighted by Crippen LogP contribution is 2.40. The molecule has 164 valence electrons. The average Bonchev–Trinajstić information content (AvgIpc) is 2.85. The maximum absolute atomic E-state index is 5.67. The van der Waals surface area contributed by atoms with E-state index in [1.165, 1.54) is 0 Å². The summed E-state index contributed by atoms with van der Waals surface area (Å²) in [4.78, 5) is 0. The first-order valence-electron chi connectivity index (χ1n) is 10.6. The maximum atomic E-state index is 5.67. The van der Waals surface area contributed by atoms with Gasteiger partial charge in [-0.25, -0.2) is 0 Å². The van der Waals surface area contributed by atoms with Crippen molar-refractivity contribution in [3.8, 4) is 17.2 Å². The molecule has 32 heavy (non-hydrogen) atoms. The topological polar surface area (TPSA) is 27.7 Å². The smallest absolute Gasteiger partial charge is 0.119 e. The molecule has 0 atom stereocenters. The first-order chi connectivity index (χ1) is 15.6. The lowest BCUT2D eigenvalue weighted by Crippen LogP contribution is -2.25. The van der Waals surface area contributed by atoms with Crippen LogP contribution in [0, 0.1) is 0 Å². The Hall–Kier alpha value is -3.72. The Balaban J connectivity index is 2.01. The van der Waals surface area contributed by atoms with Crippen molar-refractivity contribution in [2.24, 2.45) is 0 Å². The molecule has 0 bridgehead atoms. The van der Waals surface area contributed by atoms with Gasteiger partial charge in [0, 0.05) is 5.41 Å². The standard InChI is InChI=1S/C29H30O3/c1-5-20-30-26-14-8-23(9-15-26)29(4,24-10-16-27(17-11-24)31-21-6-2)25-12-18-28(19-13-25)32-22-7-3/h5-19H,1-3,20-22H2,4H3. The van der Waals surface area contributed by atoms with Gasteiger partial charge in [0.2, 0.25) is 0 Å². The van der Waals surface area contributed by atoms with E-state index in [9.17, 15) is 0 Å². The van der Waals surface area contributed by atoms with Gasteiger partial charge in [0.05, 0.1) is 0 Å². The highest BCUT2D eigenvalue weighted by molar-refractivity contribution is 5.52. The fourth-order valence-electron chi connectivity index (χ4n) is 3.62. The van der Waals surface area contributed by atoms with Crippen molar-refractivity contribution in [1.29, 1.82) is 0 Å². The quantitative estimate of drug-likeness (QED) is 0.237. The third-order valence-corrected chi connectivity index (χ3v) is 5.40. The molecule has 0 aliphatic carbocycles. The number of hydrogen-bond donors (Lipinski definition) is 0. The lowest BCUT2D eigenvalue weighted by atomic mass is 9.71. The summed E-state index contributed by atoms with van der Waals surface area (Å²) in [6.07, 6.45) is 5.22. The van der Waals surface area contributed by atoms with Crippen LogP contribution < -0.4 is 14.2 Å². The van der Waals surface area contributed by atoms with Gasteiger partial charge >= 0.3 is 0 Å². The molecule has 0 N–H and O–H groups in total. The summed E-state index contributed by atoms with van der Waals surface area (Å²) >= 11 is 0. The summed E-state index contributed by atoms with van der Waals surface area (Å²) in [5, 5.41) is 0. The fraction of sp³-hybridized carbons (Fsp3) is 0.172. The summed E-state index contributed by atoms with van der Waals surface area (Å²) in [6.45, 7) is 14.8. The van der Waals surface area contributed by atoms with Crippen molar-refractivity contribution in [3.05, 3.63) is 127 Å². The van der Waals surface area contributed by atoms with Crippen molar-refractivity contribution in [2.45, 2.75) is 12.3 Å². The minimum atomic E-state index is -0.384. The molecule has 0 aliphatic rings. The first kappa shape index (κ1) is 23.0. The second kappa shape index (κ2) is 11.1. The van der Waals surface area contributed by atoms with E-state index in [2.05, 4.69) is 63.1 Å². The van der Waals surface area contributed by atoms with Gasteiger partial charge in [0.25, 0.3) is 0 Å². The largest absolute Gasteiger partial charge is 0.490 e. The monoisotopic (exact) mass is 426 g/mol. The molecule has 0 unspecified atom stereocenters. The highest BCUT2D eigenvalue weighted by atomic mass is 16.5. The van der Waals surface area contributed by atoms with Gasteiger partial charge in [-0.2, -0.15) is 0 Å². The van der Waals surface area contributed by atoms with E-state index in [1.807, 2.05) is 36.4 Å². The summed E-state index contributed by atoms with van der Waals surface area (Å²) in [6, 6.07) is 24.7. The Labute approximate surface area is 191 Å². The van der Waals surface area contributed by atoms with E-state index in [0.29, 0.717) is 19.8 Å². The van der Waals surface area contributed by atoms with Crippen LogP contribution in [0.4, 0.5) is 0 Å². The van der Waals surface area contributed by atoms with E-state index in [4.69, 9.17) is 14.2 Å². The van der Waals surface area contributed by atoms with E-state index < -0.39 is 0 Å². The highest BCUT2D eigenvalue weighted by Gasteiger charge is 2.31. The third-order valence-electron chi connectivity index (χ3n) is 5.40. The molecule has 0 saturated heterocycles. The lowest BCUT2D eigenvalue weighted by molar-refractivity contribution is 0.362. The molecule has 3 rings (SSSR count). The van der Waals surface area contributed by atoms with Crippen molar-refractivity contribution >= 4 is 0 Å². The van der Waals surface area contributed by atoms with Crippen molar-refractivity contribution in [1.82, 2.24) is 0 Å². The Morgan fingerprint density at radius 1 is 0.531 bits per heavy atom. The summed E-state index contributed by atoms with van der Waals surface area (Å²) in [5.41, 5.74) is 3.08. The van der Waals surface area contributed by atoms with Crippen molar-refractivity contribution in [3.63, 3.8) is 0 Å². The Bertz CT molecular complexity index is 881. The van der Waals surface area contributed by atoms with Gasteiger partial charge in [-0.3, -0.25) is 0 Å². The van der Waals surface area contributed by atoms with Crippen LogP contribution in [0.25, 0.3) is 0 Å². The number of rotatable bonds is 12. The van der Waals surface area contributed by atoms with E-state index in [-0.39, 0.29) is 5.41 Å². The van der Waals surface area contributed by atoms with Gasteiger partial charge < -0.3 is 14.2 Å². The van der Waals surface area contributed by atoms with E-state index in [0.717, 1.165) is 33.9 Å². The van der Waals surface area contributed by atoms with Crippen LogP contribution in [0.3, 0.4) is 0 Å².